The molecule has 1 heterocycles. The van der Waals surface area contributed by atoms with E-state index >= 15 is 0 Å². The summed E-state index contributed by atoms with van der Waals surface area (Å²) >= 11 is 1.42. The molecule has 166 valence electrons. The van der Waals surface area contributed by atoms with Gasteiger partial charge in [0.1, 0.15) is 0 Å². The van der Waals surface area contributed by atoms with Gasteiger partial charge < -0.3 is 10.1 Å². The molecule has 1 aromatic carbocycles. The van der Waals surface area contributed by atoms with Crippen molar-refractivity contribution in [2.75, 3.05) is 36.7 Å². The maximum Gasteiger partial charge on any atom is 0.326 e. The molecule has 0 radical (unpaired) electrons. The molecule has 0 saturated carbocycles. The van der Waals surface area contributed by atoms with E-state index in [9.17, 15) is 18.0 Å². The highest BCUT2D eigenvalue weighted by Gasteiger charge is 2.23. The average Bonchev–Trinajstić information content (AvgIpc) is 3.09. The summed E-state index contributed by atoms with van der Waals surface area (Å²) in [5.74, 6) is -0.371. The predicted molar refractivity (Wildman–Crippen MR) is 118 cm³/mol. The van der Waals surface area contributed by atoms with Gasteiger partial charge in [0.05, 0.1) is 43.8 Å². The van der Waals surface area contributed by atoms with Crippen molar-refractivity contribution in [3.05, 3.63) is 45.6 Å². The molecule has 2 amide bonds. The fourth-order valence-electron chi connectivity index (χ4n) is 2.79. The topological polar surface area (TPSA) is 126 Å². The number of ether oxygens (including phenoxy) is 1. The number of carbonyl (C=O) groups is 2. The van der Waals surface area contributed by atoms with Crippen molar-refractivity contribution < 1.29 is 26.9 Å². The fourth-order valence-corrected chi connectivity index (χ4v) is 4.07. The van der Waals surface area contributed by atoms with Gasteiger partial charge in [0.15, 0.2) is 0 Å². The zero-order valence-electron chi connectivity index (χ0n) is 17.4. The van der Waals surface area contributed by atoms with Gasteiger partial charge in [0.25, 0.3) is 10.1 Å². The Morgan fingerprint density at radius 2 is 1.94 bits per heavy atom. The summed E-state index contributed by atoms with van der Waals surface area (Å²) in [5.41, 5.74) is 2.29. The van der Waals surface area contributed by atoms with Crippen LogP contribution in [0.2, 0.25) is 0 Å². The highest BCUT2D eigenvalue weighted by molar-refractivity contribution is 7.85. The van der Waals surface area contributed by atoms with Gasteiger partial charge in [-0.2, -0.15) is 13.7 Å². The van der Waals surface area contributed by atoms with Gasteiger partial charge in [-0.25, -0.2) is 4.79 Å². The van der Waals surface area contributed by atoms with E-state index in [-0.39, 0.29) is 25.5 Å². The highest BCUT2D eigenvalue weighted by Crippen LogP contribution is 2.32. The third-order valence-corrected chi connectivity index (χ3v) is 5.78. The number of nitrogens with zero attached hydrogens (tertiary/aromatic N) is 2. The Morgan fingerprint density at radius 3 is 2.52 bits per heavy atom. The van der Waals surface area contributed by atoms with Crippen LogP contribution in [0.3, 0.4) is 0 Å². The molecule has 2 aromatic rings. The van der Waals surface area contributed by atoms with Gasteiger partial charge in [-0.05, 0) is 48.6 Å². The molecule has 9 nitrogen and oxygen atoms in total. The molecule has 0 aliphatic carbocycles. The molecular formula is C20H23N3O6S2. The van der Waals surface area contributed by atoms with Gasteiger partial charge in [-0.3, -0.25) is 13.9 Å². The number of hydrogen-bond donors (Lipinski definition) is 1. The Hall–Kier alpha value is -2.94. The van der Waals surface area contributed by atoms with E-state index < -0.39 is 16.1 Å². The Bertz CT molecular complexity index is 1070. The first-order valence-corrected chi connectivity index (χ1v) is 11.9. The van der Waals surface area contributed by atoms with Gasteiger partial charge in [-0.1, -0.05) is 0 Å². The molecule has 2 rings (SSSR count). The number of hydrogen-bond acceptors (Lipinski definition) is 8. The minimum atomic E-state index is -3.67. The Labute approximate surface area is 185 Å². The number of rotatable bonds is 9. The molecule has 0 bridgehead atoms. The van der Waals surface area contributed by atoms with E-state index in [0.29, 0.717) is 23.4 Å². The van der Waals surface area contributed by atoms with Crippen LogP contribution < -0.4 is 10.2 Å². The smallest absolute Gasteiger partial charge is 0.326 e. The number of benzene rings is 1. The first kappa shape index (κ1) is 24.3. The molecule has 0 aliphatic heterocycles. The molecule has 0 fully saturated rings. The molecule has 1 aromatic heterocycles. The van der Waals surface area contributed by atoms with Gasteiger partial charge in [0.2, 0.25) is 0 Å². The van der Waals surface area contributed by atoms with Crippen molar-refractivity contribution >= 4 is 44.8 Å². The second-order valence-electron chi connectivity index (χ2n) is 6.54. The van der Waals surface area contributed by atoms with Gasteiger partial charge >= 0.3 is 12.0 Å². The molecule has 0 aliphatic rings. The van der Waals surface area contributed by atoms with Gasteiger partial charge in [-0.15, -0.1) is 11.3 Å². The second kappa shape index (κ2) is 10.9. The van der Waals surface area contributed by atoms with Crippen molar-refractivity contribution in [3.8, 4) is 6.07 Å². The zero-order chi connectivity index (χ0) is 23.0. The third kappa shape index (κ3) is 7.36. The lowest BCUT2D eigenvalue weighted by Gasteiger charge is -2.24. The number of aryl methyl sites for hydroxylation is 2. The van der Waals surface area contributed by atoms with E-state index in [1.165, 1.54) is 23.3 Å². The molecular weight excluding hydrogens is 442 g/mol. The van der Waals surface area contributed by atoms with Crippen LogP contribution in [0.25, 0.3) is 0 Å². The van der Waals surface area contributed by atoms with Crippen LogP contribution in [0.1, 0.15) is 22.4 Å². The normalized spacial score (nSPS) is 10.9. The molecule has 0 spiro atoms. The summed E-state index contributed by atoms with van der Waals surface area (Å²) in [5, 5.41) is 13.5. The van der Waals surface area contributed by atoms with Crippen LogP contribution >= 0.6 is 11.3 Å². The SMILES string of the molecule is COC(=O)CCc1csc(C)c1N(CCOS(C)(=O)=O)C(=O)Nc1ccc(C#N)cc1. The fraction of sp³-hybridized carbons (Fsp3) is 0.350. The van der Waals surface area contributed by atoms with E-state index in [1.54, 1.807) is 24.3 Å². The number of urea groups is 1. The number of anilines is 2. The van der Waals surface area contributed by atoms with E-state index in [1.807, 2.05) is 18.4 Å². The summed E-state index contributed by atoms with van der Waals surface area (Å²) in [7, 11) is -2.37. The first-order chi connectivity index (χ1) is 14.6. The maximum atomic E-state index is 13.1. The van der Waals surface area contributed by atoms with E-state index in [2.05, 4.69) is 10.1 Å². The lowest BCUT2D eigenvalue weighted by molar-refractivity contribution is -0.140. The molecule has 31 heavy (non-hydrogen) atoms. The molecule has 0 unspecified atom stereocenters. The second-order valence-corrected chi connectivity index (χ2v) is 9.27. The number of methoxy groups -OCH3 is 1. The number of amides is 2. The number of nitrogens with one attached hydrogen (secondary N) is 1. The molecule has 0 atom stereocenters. The molecule has 11 heteroatoms. The number of thiophene rings is 1. The minimum Gasteiger partial charge on any atom is -0.469 e. The minimum absolute atomic E-state index is 0.0298. The standard InChI is InChI=1S/C20H23N3O6S2/c1-14-19(16(13-30-14)6-9-18(24)28-2)23(10-11-29-31(3,26)27)20(25)22-17-7-4-15(12-21)5-8-17/h4-5,7-8,13H,6,9-11H2,1-3H3,(H,22,25). The summed E-state index contributed by atoms with van der Waals surface area (Å²) in [6.07, 6.45) is 1.44. The van der Waals surface area contributed by atoms with Crippen LogP contribution in [0.4, 0.5) is 16.2 Å². The third-order valence-electron chi connectivity index (χ3n) is 4.23. The maximum absolute atomic E-state index is 13.1. The average molecular weight is 466 g/mol. The number of carbonyl (C=O) groups excluding carboxylic acids is 2. The van der Waals surface area contributed by atoms with Crippen molar-refractivity contribution in [1.82, 2.24) is 0 Å². The summed E-state index contributed by atoms with van der Waals surface area (Å²) in [4.78, 5) is 26.9. The summed E-state index contributed by atoms with van der Waals surface area (Å²) < 4.78 is 32.2. The zero-order valence-corrected chi connectivity index (χ0v) is 19.0. The van der Waals surface area contributed by atoms with Crippen molar-refractivity contribution in [1.29, 1.82) is 5.26 Å². The number of esters is 1. The monoisotopic (exact) mass is 465 g/mol. The first-order valence-electron chi connectivity index (χ1n) is 9.21. The Kier molecular flexibility index (Phi) is 8.56. The quantitative estimate of drug-likeness (QED) is 0.445. The van der Waals surface area contributed by atoms with E-state index in [0.717, 1.165) is 16.7 Å². The Balaban J connectivity index is 2.29. The largest absolute Gasteiger partial charge is 0.469 e. The lowest BCUT2D eigenvalue weighted by atomic mass is 10.1. The van der Waals surface area contributed by atoms with E-state index in [4.69, 9.17) is 9.44 Å². The molecule has 1 N–H and O–H groups in total. The summed E-state index contributed by atoms with van der Waals surface area (Å²) in [6.45, 7) is 1.57. The van der Waals surface area contributed by atoms with Crippen molar-refractivity contribution in [3.63, 3.8) is 0 Å². The van der Waals surface area contributed by atoms with Crippen molar-refractivity contribution in [2.24, 2.45) is 0 Å². The van der Waals surface area contributed by atoms with Crippen LogP contribution in [0, 0.1) is 18.3 Å². The van der Waals surface area contributed by atoms with Crippen molar-refractivity contribution in [2.45, 2.75) is 19.8 Å². The van der Waals surface area contributed by atoms with Crippen LogP contribution in [0.15, 0.2) is 29.6 Å². The van der Waals surface area contributed by atoms with Crippen LogP contribution in [-0.4, -0.2) is 46.9 Å². The molecule has 0 saturated heterocycles. The Morgan fingerprint density at radius 1 is 1.26 bits per heavy atom. The predicted octanol–water partition coefficient (Wildman–Crippen LogP) is 3.05. The van der Waals surface area contributed by atoms with Crippen LogP contribution in [0.5, 0.6) is 0 Å². The number of nitriles is 1. The summed E-state index contributed by atoms with van der Waals surface area (Å²) in [6, 6.07) is 7.85. The highest BCUT2D eigenvalue weighted by atomic mass is 32.2. The van der Waals surface area contributed by atoms with Gasteiger partial charge in [0, 0.05) is 17.0 Å². The van der Waals surface area contributed by atoms with Crippen LogP contribution in [-0.2, 0) is 30.3 Å². The lowest BCUT2D eigenvalue weighted by Crippen LogP contribution is -2.38.